The fourth-order valence-electron chi connectivity index (χ4n) is 1.92. The average molecular weight is 288 g/mol. The van der Waals surface area contributed by atoms with Crippen LogP contribution in [0, 0.1) is 0 Å². The van der Waals surface area contributed by atoms with E-state index in [1.165, 1.54) is 7.11 Å². The molecule has 0 aromatic carbocycles. The summed E-state index contributed by atoms with van der Waals surface area (Å²) in [5, 5.41) is 5.14. The van der Waals surface area contributed by atoms with E-state index in [1.807, 2.05) is 25.7 Å². The topological polar surface area (TPSA) is 47.4 Å². The summed E-state index contributed by atoms with van der Waals surface area (Å²) in [6.07, 6.45) is 2.05. The highest BCUT2D eigenvalue weighted by atomic mass is 35.5. The van der Waals surface area contributed by atoms with Crippen molar-refractivity contribution < 1.29 is 9.53 Å². The fraction of sp³-hybridized carbons (Fsp3) is 0.692. The molecule has 0 radical (unpaired) electrons. The van der Waals surface area contributed by atoms with Crippen LogP contribution in [-0.4, -0.2) is 41.4 Å². The first-order valence-corrected chi connectivity index (χ1v) is 6.83. The van der Waals surface area contributed by atoms with E-state index in [9.17, 15) is 4.79 Å². The molecule has 108 valence electrons. The SMILES string of the molecule is CCc1nn(C)c(CN(C)CCCC(=O)OC)c1Cl. The highest BCUT2D eigenvalue weighted by molar-refractivity contribution is 6.31. The van der Waals surface area contributed by atoms with Crippen LogP contribution in [0.25, 0.3) is 0 Å². The molecule has 19 heavy (non-hydrogen) atoms. The standard InChI is InChI=1S/C13H22ClN3O2/c1-5-10-13(14)11(17(3)15-10)9-16(2)8-6-7-12(18)19-4/h5-9H2,1-4H3. The number of nitrogens with zero attached hydrogens (tertiary/aromatic N) is 3. The van der Waals surface area contributed by atoms with Crippen molar-refractivity contribution in [3.05, 3.63) is 16.4 Å². The Balaban J connectivity index is 2.50. The van der Waals surface area contributed by atoms with Gasteiger partial charge in [-0.05, 0) is 26.4 Å². The van der Waals surface area contributed by atoms with Crippen molar-refractivity contribution in [3.63, 3.8) is 0 Å². The smallest absolute Gasteiger partial charge is 0.305 e. The van der Waals surface area contributed by atoms with E-state index in [-0.39, 0.29) is 5.97 Å². The van der Waals surface area contributed by atoms with Crippen molar-refractivity contribution >= 4 is 17.6 Å². The van der Waals surface area contributed by atoms with E-state index in [0.717, 1.165) is 42.3 Å². The van der Waals surface area contributed by atoms with Gasteiger partial charge in [0, 0.05) is 20.0 Å². The zero-order chi connectivity index (χ0) is 14.4. The van der Waals surface area contributed by atoms with E-state index in [4.69, 9.17) is 11.6 Å². The molecule has 0 fully saturated rings. The van der Waals surface area contributed by atoms with E-state index < -0.39 is 0 Å². The lowest BCUT2D eigenvalue weighted by Gasteiger charge is -2.16. The number of ether oxygens (including phenoxy) is 1. The van der Waals surface area contributed by atoms with Gasteiger partial charge in [-0.25, -0.2) is 0 Å². The van der Waals surface area contributed by atoms with E-state index in [0.29, 0.717) is 6.42 Å². The van der Waals surface area contributed by atoms with Crippen LogP contribution in [0.3, 0.4) is 0 Å². The number of esters is 1. The van der Waals surface area contributed by atoms with Crippen LogP contribution in [0.4, 0.5) is 0 Å². The van der Waals surface area contributed by atoms with Gasteiger partial charge in [-0.15, -0.1) is 0 Å². The van der Waals surface area contributed by atoms with Crippen molar-refractivity contribution in [2.75, 3.05) is 20.7 Å². The molecule has 0 aliphatic rings. The summed E-state index contributed by atoms with van der Waals surface area (Å²) in [6.45, 7) is 3.58. The molecule has 0 spiro atoms. The zero-order valence-electron chi connectivity index (χ0n) is 12.1. The average Bonchev–Trinajstić information content (AvgIpc) is 2.65. The maximum Gasteiger partial charge on any atom is 0.305 e. The van der Waals surface area contributed by atoms with Crippen LogP contribution in [0.2, 0.25) is 5.02 Å². The van der Waals surface area contributed by atoms with Crippen molar-refractivity contribution in [3.8, 4) is 0 Å². The van der Waals surface area contributed by atoms with Gasteiger partial charge in [0.15, 0.2) is 0 Å². The minimum atomic E-state index is -0.166. The van der Waals surface area contributed by atoms with Gasteiger partial charge < -0.3 is 9.64 Å². The number of aromatic nitrogens is 2. The molecule has 0 saturated heterocycles. The minimum absolute atomic E-state index is 0.166. The molecule has 1 aromatic heterocycles. The van der Waals surface area contributed by atoms with Crippen LogP contribution in [0.1, 0.15) is 31.2 Å². The highest BCUT2D eigenvalue weighted by Gasteiger charge is 2.14. The molecule has 0 bridgehead atoms. The number of methoxy groups -OCH3 is 1. The van der Waals surface area contributed by atoms with Crippen LogP contribution >= 0.6 is 11.6 Å². The first-order valence-electron chi connectivity index (χ1n) is 6.45. The molecule has 0 N–H and O–H groups in total. The highest BCUT2D eigenvalue weighted by Crippen LogP contribution is 2.21. The molecule has 0 aliphatic heterocycles. The first kappa shape index (κ1) is 16.0. The lowest BCUT2D eigenvalue weighted by atomic mass is 10.2. The Bertz CT molecular complexity index is 432. The molecule has 0 atom stereocenters. The molecule has 1 heterocycles. The van der Waals surface area contributed by atoms with E-state index in [1.54, 1.807) is 0 Å². The molecular formula is C13H22ClN3O2. The molecule has 1 aromatic rings. The maximum atomic E-state index is 11.0. The summed E-state index contributed by atoms with van der Waals surface area (Å²) < 4.78 is 6.45. The van der Waals surface area contributed by atoms with Gasteiger partial charge in [0.05, 0.1) is 23.5 Å². The van der Waals surface area contributed by atoms with Crippen LogP contribution < -0.4 is 0 Å². The lowest BCUT2D eigenvalue weighted by Crippen LogP contribution is -2.21. The van der Waals surface area contributed by atoms with Crippen LogP contribution in [-0.2, 0) is 29.5 Å². The third kappa shape index (κ3) is 4.51. The number of hydrogen-bond acceptors (Lipinski definition) is 4. The largest absolute Gasteiger partial charge is 0.469 e. The predicted molar refractivity (Wildman–Crippen MR) is 75.2 cm³/mol. The second-order valence-electron chi connectivity index (χ2n) is 4.60. The Kier molecular flexibility index (Phi) is 6.31. The Morgan fingerprint density at radius 1 is 1.53 bits per heavy atom. The molecule has 0 aliphatic carbocycles. The molecule has 0 saturated carbocycles. The number of carbonyl (C=O) groups is 1. The Hall–Kier alpha value is -1.07. The summed E-state index contributed by atoms with van der Waals surface area (Å²) in [5.41, 5.74) is 1.95. The number of hydrogen-bond donors (Lipinski definition) is 0. The maximum absolute atomic E-state index is 11.0. The molecule has 0 amide bonds. The lowest BCUT2D eigenvalue weighted by molar-refractivity contribution is -0.140. The summed E-state index contributed by atoms with van der Waals surface area (Å²) in [4.78, 5) is 13.2. The number of halogens is 1. The number of aryl methyl sites for hydroxylation is 2. The third-order valence-electron chi connectivity index (χ3n) is 3.07. The van der Waals surface area contributed by atoms with Gasteiger partial charge in [0.2, 0.25) is 0 Å². The van der Waals surface area contributed by atoms with Gasteiger partial charge in [-0.3, -0.25) is 9.48 Å². The molecular weight excluding hydrogens is 266 g/mol. The Morgan fingerprint density at radius 2 is 2.21 bits per heavy atom. The van der Waals surface area contributed by atoms with Gasteiger partial charge in [0.1, 0.15) is 0 Å². The number of carbonyl (C=O) groups excluding carboxylic acids is 1. The van der Waals surface area contributed by atoms with Crippen molar-refractivity contribution in [1.29, 1.82) is 0 Å². The van der Waals surface area contributed by atoms with Crippen LogP contribution in [0.15, 0.2) is 0 Å². The molecule has 1 rings (SSSR count). The van der Waals surface area contributed by atoms with Gasteiger partial charge in [-0.2, -0.15) is 5.10 Å². The first-order chi connectivity index (χ1) is 8.99. The normalized spacial score (nSPS) is 11.1. The van der Waals surface area contributed by atoms with Crippen molar-refractivity contribution in [2.45, 2.75) is 32.7 Å². The van der Waals surface area contributed by atoms with E-state index >= 15 is 0 Å². The number of rotatable bonds is 7. The van der Waals surface area contributed by atoms with Gasteiger partial charge in [-0.1, -0.05) is 18.5 Å². The van der Waals surface area contributed by atoms with Crippen LogP contribution in [0.5, 0.6) is 0 Å². The third-order valence-corrected chi connectivity index (χ3v) is 3.51. The minimum Gasteiger partial charge on any atom is -0.469 e. The summed E-state index contributed by atoms with van der Waals surface area (Å²) in [7, 11) is 5.32. The second-order valence-corrected chi connectivity index (χ2v) is 4.98. The summed E-state index contributed by atoms with van der Waals surface area (Å²) >= 11 is 6.30. The Morgan fingerprint density at radius 3 is 2.74 bits per heavy atom. The Labute approximate surface area is 119 Å². The molecule has 0 unspecified atom stereocenters. The van der Waals surface area contributed by atoms with E-state index in [2.05, 4.69) is 14.7 Å². The molecule has 6 heteroatoms. The summed E-state index contributed by atoms with van der Waals surface area (Å²) in [6, 6.07) is 0. The fourth-order valence-corrected chi connectivity index (χ4v) is 2.28. The zero-order valence-corrected chi connectivity index (χ0v) is 12.8. The van der Waals surface area contributed by atoms with Gasteiger partial charge in [0.25, 0.3) is 0 Å². The predicted octanol–water partition coefficient (Wildman–Crippen LogP) is 2.02. The van der Waals surface area contributed by atoms with Crippen molar-refractivity contribution in [1.82, 2.24) is 14.7 Å². The van der Waals surface area contributed by atoms with Crippen molar-refractivity contribution in [2.24, 2.45) is 7.05 Å². The van der Waals surface area contributed by atoms with Gasteiger partial charge >= 0.3 is 5.97 Å². The molecule has 5 nitrogen and oxygen atoms in total. The second kappa shape index (κ2) is 7.50. The monoisotopic (exact) mass is 287 g/mol. The summed E-state index contributed by atoms with van der Waals surface area (Å²) in [5.74, 6) is -0.166. The quantitative estimate of drug-likeness (QED) is 0.720.